The number of aromatic nitrogens is 4. The van der Waals surface area contributed by atoms with Crippen molar-refractivity contribution in [2.24, 2.45) is 11.8 Å². The molecule has 8 rings (SSSR count). The summed E-state index contributed by atoms with van der Waals surface area (Å²) in [5.41, 5.74) is 5.88. The van der Waals surface area contributed by atoms with Crippen LogP contribution >= 0.6 is 0 Å². The number of carboxylic acid groups (broad SMARTS) is 1. The van der Waals surface area contributed by atoms with Crippen LogP contribution in [-0.4, -0.2) is 129 Å². The van der Waals surface area contributed by atoms with Crippen molar-refractivity contribution in [3.05, 3.63) is 65.9 Å². The Morgan fingerprint density at radius 2 is 1.78 bits per heavy atom. The average molecular weight is 901 g/mol. The second-order valence-electron chi connectivity index (χ2n) is 17.5. The van der Waals surface area contributed by atoms with Crippen molar-refractivity contribution in [1.82, 2.24) is 40.0 Å². The number of alkyl halides is 2. The number of alkyl carbamates (subject to hydrolysis) is 1. The minimum Gasteiger partial charge on any atom is -0.488 e. The van der Waals surface area contributed by atoms with Gasteiger partial charge in [-0.3, -0.25) is 14.5 Å². The molecule has 65 heavy (non-hydrogen) atoms. The number of nitrogens with zero attached hydrogens (tertiary/aromatic N) is 5. The second kappa shape index (κ2) is 18.3. The van der Waals surface area contributed by atoms with E-state index in [1.165, 1.54) is 26.2 Å². The zero-order valence-electron chi connectivity index (χ0n) is 37.3. The van der Waals surface area contributed by atoms with Gasteiger partial charge in [0.1, 0.15) is 36.1 Å². The number of benzene rings is 3. The Bertz CT molecular complexity index is 2620. The van der Waals surface area contributed by atoms with Crippen molar-refractivity contribution in [3.8, 4) is 28.1 Å². The van der Waals surface area contributed by atoms with Crippen LogP contribution < -0.4 is 10.1 Å². The standard InChI is InChI=1S/C46H54F2N8O9/c1-22(2)37(53-45(59)63-7)42(57)56-23(3)8-13-34(56)40-49-18-33(51-40)27-9-11-29-28(15-27)21-64-36-17-30-26(16-31(29)36)10-12-32-38(30)52-41(50-32)35-14-25(20-65-44(47)48)19-55(35)43(58)39(24(4)62-6)54(5)46(60)61/h9-12,15-18,22-25,34-35,37,39,44H,8,13-14,19-21H2,1-7H3,(H,49,51)(H,50,52)(H,53,59)(H,60,61)/t23-,24+,25-,34-,35-,37-,39-/m0/s1. The molecule has 2 fully saturated rings. The van der Waals surface area contributed by atoms with Gasteiger partial charge in [0, 0.05) is 43.6 Å². The van der Waals surface area contributed by atoms with Gasteiger partial charge in [-0.05, 0) is 85.4 Å². The Kier molecular flexibility index (Phi) is 12.7. The molecule has 3 aliphatic heterocycles. The Labute approximate surface area is 373 Å². The molecule has 4 N–H and O–H groups in total. The van der Waals surface area contributed by atoms with Crippen LogP contribution in [0.3, 0.4) is 0 Å². The third-order valence-corrected chi connectivity index (χ3v) is 13.1. The first-order chi connectivity index (χ1) is 31.1. The van der Waals surface area contributed by atoms with Crippen molar-refractivity contribution >= 4 is 45.8 Å². The number of hydrogen-bond acceptors (Lipinski definition) is 10. The maximum atomic E-state index is 14.2. The molecule has 0 aliphatic carbocycles. The molecule has 7 atom stereocenters. The summed E-state index contributed by atoms with van der Waals surface area (Å²) in [5.74, 6) is 0.421. The molecular formula is C46H54F2N8O9. The zero-order valence-corrected chi connectivity index (χ0v) is 37.3. The van der Waals surface area contributed by atoms with E-state index in [9.17, 15) is 33.1 Å². The summed E-state index contributed by atoms with van der Waals surface area (Å²) in [6.07, 6.45) is 0.757. The fourth-order valence-corrected chi connectivity index (χ4v) is 9.63. The molecule has 0 unspecified atom stereocenters. The first-order valence-electron chi connectivity index (χ1n) is 21.7. The van der Waals surface area contributed by atoms with E-state index >= 15 is 0 Å². The van der Waals surface area contributed by atoms with E-state index in [2.05, 4.69) is 38.2 Å². The number of methoxy groups -OCH3 is 2. The summed E-state index contributed by atoms with van der Waals surface area (Å²) >= 11 is 0. The van der Waals surface area contributed by atoms with E-state index in [-0.39, 0.29) is 43.5 Å². The van der Waals surface area contributed by atoms with E-state index in [1.54, 1.807) is 13.1 Å². The van der Waals surface area contributed by atoms with Crippen LogP contribution in [0.1, 0.15) is 76.3 Å². The first kappa shape index (κ1) is 45.2. The highest BCUT2D eigenvalue weighted by Crippen LogP contribution is 2.44. The molecule has 5 heterocycles. The Morgan fingerprint density at radius 1 is 1.00 bits per heavy atom. The van der Waals surface area contributed by atoms with Crippen LogP contribution in [0.2, 0.25) is 0 Å². The topological polar surface area (TPSA) is 205 Å². The number of halogens is 2. The van der Waals surface area contributed by atoms with Crippen LogP contribution in [0, 0.1) is 11.8 Å². The predicted octanol–water partition coefficient (Wildman–Crippen LogP) is 7.24. The number of carbonyl (C=O) groups is 4. The van der Waals surface area contributed by atoms with Crippen LogP contribution in [0.25, 0.3) is 44.2 Å². The number of rotatable bonds is 13. The molecular weight excluding hydrogens is 847 g/mol. The number of imidazole rings is 2. The van der Waals surface area contributed by atoms with Gasteiger partial charge in [-0.15, -0.1) is 0 Å². The summed E-state index contributed by atoms with van der Waals surface area (Å²) in [6, 6.07) is 11.0. The highest BCUT2D eigenvalue weighted by molar-refractivity contribution is 6.07. The molecule has 17 nitrogen and oxygen atoms in total. The number of carbonyl (C=O) groups excluding carboxylic acids is 3. The van der Waals surface area contributed by atoms with Gasteiger partial charge in [-0.1, -0.05) is 32.0 Å². The lowest BCUT2D eigenvalue weighted by molar-refractivity contribution is -0.143. The highest BCUT2D eigenvalue weighted by Gasteiger charge is 2.45. The van der Waals surface area contributed by atoms with E-state index in [0.29, 0.717) is 35.0 Å². The van der Waals surface area contributed by atoms with Gasteiger partial charge in [0.25, 0.3) is 0 Å². The van der Waals surface area contributed by atoms with Crippen molar-refractivity contribution < 1.29 is 52.0 Å². The number of ether oxygens (including phenoxy) is 4. The van der Waals surface area contributed by atoms with Crippen LogP contribution in [0.4, 0.5) is 18.4 Å². The molecule has 0 bridgehead atoms. The highest BCUT2D eigenvalue weighted by atomic mass is 19.3. The summed E-state index contributed by atoms with van der Waals surface area (Å²) in [4.78, 5) is 72.9. The lowest BCUT2D eigenvalue weighted by Crippen LogP contribution is -2.54. The number of hydrogen-bond donors (Lipinski definition) is 4. The van der Waals surface area contributed by atoms with Gasteiger partial charge in [-0.2, -0.15) is 8.78 Å². The molecule has 19 heteroatoms. The van der Waals surface area contributed by atoms with Crippen LogP contribution in [0.15, 0.2) is 48.7 Å². The third kappa shape index (κ3) is 8.66. The summed E-state index contributed by atoms with van der Waals surface area (Å²) < 4.78 is 47.5. The third-order valence-electron chi connectivity index (χ3n) is 13.1. The number of aromatic amines is 2. The quantitative estimate of drug-likeness (QED) is 0.0927. The molecule has 346 valence electrons. The number of likely N-dealkylation sites (N-methyl/N-ethyl adjacent to an activating group) is 1. The summed E-state index contributed by atoms with van der Waals surface area (Å²) in [5, 5.41) is 14.2. The van der Waals surface area contributed by atoms with Gasteiger partial charge in [0.2, 0.25) is 11.8 Å². The molecule has 3 aliphatic rings. The van der Waals surface area contributed by atoms with Gasteiger partial charge in [-0.25, -0.2) is 19.6 Å². The predicted molar refractivity (Wildman–Crippen MR) is 234 cm³/mol. The van der Waals surface area contributed by atoms with E-state index < -0.39 is 54.9 Å². The molecule has 0 radical (unpaired) electrons. The molecule has 0 saturated carbocycles. The van der Waals surface area contributed by atoms with Gasteiger partial charge in [0.05, 0.1) is 54.8 Å². The van der Waals surface area contributed by atoms with E-state index in [1.807, 2.05) is 49.9 Å². The normalized spacial score (nSPS) is 20.7. The van der Waals surface area contributed by atoms with Crippen LogP contribution in [0.5, 0.6) is 5.75 Å². The lowest BCUT2D eigenvalue weighted by atomic mass is 9.92. The smallest absolute Gasteiger partial charge is 0.407 e. The maximum absolute atomic E-state index is 14.2. The van der Waals surface area contributed by atoms with E-state index in [4.69, 9.17) is 24.2 Å². The molecule has 4 amide bonds. The maximum Gasteiger partial charge on any atom is 0.407 e. The van der Waals surface area contributed by atoms with Gasteiger partial charge >= 0.3 is 18.8 Å². The van der Waals surface area contributed by atoms with Gasteiger partial charge in [0.15, 0.2) is 0 Å². The minimum absolute atomic E-state index is 0.0495. The van der Waals surface area contributed by atoms with Crippen molar-refractivity contribution in [1.29, 1.82) is 0 Å². The lowest BCUT2D eigenvalue weighted by Gasteiger charge is -2.34. The van der Waals surface area contributed by atoms with Crippen molar-refractivity contribution in [3.63, 3.8) is 0 Å². The fourth-order valence-electron chi connectivity index (χ4n) is 9.63. The molecule has 5 aromatic rings. The minimum atomic E-state index is -2.98. The van der Waals surface area contributed by atoms with Crippen molar-refractivity contribution in [2.45, 2.75) is 96.5 Å². The number of H-pyrrole nitrogens is 2. The zero-order chi connectivity index (χ0) is 46.4. The monoisotopic (exact) mass is 900 g/mol. The number of nitrogens with one attached hydrogen (secondary N) is 3. The molecule has 2 saturated heterocycles. The number of amides is 4. The van der Waals surface area contributed by atoms with Gasteiger partial charge < -0.3 is 49.1 Å². The SMILES string of the molecule is COC(=O)N[C@H](C(=O)N1[C@@H](C)CC[C@H]1c1ncc(-c2ccc3c(c2)COc2cc4c(ccc5nc([C@@H]6C[C@H](COC(F)F)CN6C(=O)[C@H]([C@@H](C)OC)N(C)C(=O)O)[nH]c54)cc2-3)[nH]1)C(C)C. The summed E-state index contributed by atoms with van der Waals surface area (Å²) in [7, 11) is 3.95. The second-order valence-corrected chi connectivity index (χ2v) is 17.5. The molecule has 2 aromatic heterocycles. The summed E-state index contributed by atoms with van der Waals surface area (Å²) in [6.45, 7) is 4.44. The fraction of sp³-hybridized carbons (Fsp3) is 0.478. The Hall–Kier alpha value is -6.34. The van der Waals surface area contributed by atoms with Crippen molar-refractivity contribution in [2.75, 3.05) is 34.4 Å². The number of likely N-dealkylation sites (tertiary alicyclic amines) is 2. The Morgan fingerprint density at radius 3 is 2.49 bits per heavy atom. The first-order valence-corrected chi connectivity index (χ1v) is 21.7. The number of fused-ring (bicyclic) bond motifs is 6. The average Bonchev–Trinajstić information content (AvgIpc) is 4.12. The van der Waals surface area contributed by atoms with Crippen LogP contribution in [-0.2, 0) is 30.4 Å². The molecule has 0 spiro atoms. The van der Waals surface area contributed by atoms with E-state index in [0.717, 1.165) is 56.5 Å². The Balaban J connectivity index is 1.06. The molecule has 3 aromatic carbocycles. The largest absolute Gasteiger partial charge is 0.488 e.